The van der Waals surface area contributed by atoms with E-state index in [2.05, 4.69) is 28.6 Å². The number of methoxy groups -OCH3 is 1. The number of hydrogen-bond acceptors (Lipinski definition) is 5. The molecule has 27 heavy (non-hydrogen) atoms. The third-order valence-corrected chi connectivity index (χ3v) is 5.74. The van der Waals surface area contributed by atoms with E-state index < -0.39 is 0 Å². The number of nitrogens with zero attached hydrogens (tertiary/aromatic N) is 4. The van der Waals surface area contributed by atoms with Gasteiger partial charge in [0.2, 0.25) is 5.91 Å². The van der Waals surface area contributed by atoms with Crippen molar-refractivity contribution in [1.82, 2.24) is 19.7 Å². The van der Waals surface area contributed by atoms with Gasteiger partial charge in [0.1, 0.15) is 5.75 Å². The molecule has 1 aliphatic rings. The Hall–Kier alpha value is -2.02. The van der Waals surface area contributed by atoms with Gasteiger partial charge in [-0.05, 0) is 51.0 Å². The van der Waals surface area contributed by atoms with Crippen molar-refractivity contribution < 1.29 is 9.53 Å². The first-order valence-electron chi connectivity index (χ1n) is 9.60. The van der Waals surface area contributed by atoms with Crippen LogP contribution in [0.15, 0.2) is 29.4 Å². The number of hydrogen-bond donors (Lipinski definition) is 0. The molecule has 2 aromatic rings. The smallest absolute Gasteiger partial charge is 0.233 e. The Morgan fingerprint density at radius 2 is 1.78 bits per heavy atom. The minimum Gasteiger partial charge on any atom is -0.497 e. The summed E-state index contributed by atoms with van der Waals surface area (Å²) in [5.41, 5.74) is 0.989. The van der Waals surface area contributed by atoms with Crippen LogP contribution in [-0.2, 0) is 4.79 Å². The van der Waals surface area contributed by atoms with E-state index in [0.717, 1.165) is 48.2 Å². The topological polar surface area (TPSA) is 60.3 Å². The first-order valence-corrected chi connectivity index (χ1v) is 10.6. The zero-order valence-corrected chi connectivity index (χ0v) is 17.2. The fourth-order valence-corrected chi connectivity index (χ4v) is 4.29. The molecule has 1 aliphatic heterocycles. The Morgan fingerprint density at radius 3 is 2.37 bits per heavy atom. The lowest BCUT2D eigenvalue weighted by atomic mass is 10.2. The molecule has 0 atom stereocenters. The van der Waals surface area contributed by atoms with Crippen molar-refractivity contribution in [2.45, 2.75) is 50.7 Å². The molecule has 1 saturated heterocycles. The second-order valence-corrected chi connectivity index (χ2v) is 8.02. The van der Waals surface area contributed by atoms with Crippen molar-refractivity contribution in [1.29, 1.82) is 0 Å². The Morgan fingerprint density at radius 1 is 1.11 bits per heavy atom. The molecule has 1 amide bonds. The van der Waals surface area contributed by atoms with Crippen molar-refractivity contribution >= 4 is 17.7 Å². The van der Waals surface area contributed by atoms with Crippen LogP contribution in [0.1, 0.15) is 45.6 Å². The SMILES string of the molecule is COc1ccc(-c2nnc(SCC(=O)N3CCCCCC3)n2C(C)C)cc1. The van der Waals surface area contributed by atoms with Crippen molar-refractivity contribution in [2.24, 2.45) is 0 Å². The predicted molar refractivity (Wildman–Crippen MR) is 108 cm³/mol. The molecule has 2 heterocycles. The van der Waals surface area contributed by atoms with Gasteiger partial charge >= 0.3 is 0 Å². The maximum atomic E-state index is 12.6. The third-order valence-electron chi connectivity index (χ3n) is 4.81. The van der Waals surface area contributed by atoms with E-state index in [4.69, 9.17) is 4.74 Å². The van der Waals surface area contributed by atoms with Crippen molar-refractivity contribution in [3.63, 3.8) is 0 Å². The Kier molecular flexibility index (Phi) is 6.77. The Balaban J connectivity index is 1.73. The Bertz CT molecular complexity index is 750. The van der Waals surface area contributed by atoms with E-state index in [1.54, 1.807) is 7.11 Å². The van der Waals surface area contributed by atoms with E-state index in [9.17, 15) is 4.79 Å². The first kappa shape index (κ1) is 19.7. The minimum atomic E-state index is 0.200. The van der Waals surface area contributed by atoms with Crippen LogP contribution in [0.3, 0.4) is 0 Å². The number of aromatic nitrogens is 3. The van der Waals surface area contributed by atoms with Gasteiger partial charge in [0.25, 0.3) is 0 Å². The van der Waals surface area contributed by atoms with E-state index >= 15 is 0 Å². The molecule has 1 fully saturated rings. The largest absolute Gasteiger partial charge is 0.497 e. The second-order valence-electron chi connectivity index (χ2n) is 7.08. The van der Waals surface area contributed by atoms with Crippen LogP contribution in [0.5, 0.6) is 5.75 Å². The normalized spacial score (nSPS) is 15.0. The first-order chi connectivity index (χ1) is 13.1. The number of rotatable bonds is 6. The average Bonchev–Trinajstić information content (AvgIpc) is 2.91. The maximum absolute atomic E-state index is 12.6. The van der Waals surface area contributed by atoms with Gasteiger partial charge in [0.15, 0.2) is 11.0 Å². The Labute approximate surface area is 165 Å². The molecule has 0 unspecified atom stereocenters. The van der Waals surface area contributed by atoms with Crippen LogP contribution in [0.2, 0.25) is 0 Å². The van der Waals surface area contributed by atoms with Crippen molar-refractivity contribution in [3.8, 4) is 17.1 Å². The fourth-order valence-electron chi connectivity index (χ4n) is 3.32. The number of amides is 1. The molecule has 0 spiro atoms. The molecule has 0 aliphatic carbocycles. The summed E-state index contributed by atoms with van der Waals surface area (Å²) >= 11 is 1.48. The summed E-state index contributed by atoms with van der Waals surface area (Å²) in [6.45, 7) is 5.98. The molecular weight excluding hydrogens is 360 g/mol. The molecule has 1 aromatic heterocycles. The highest BCUT2D eigenvalue weighted by atomic mass is 32.2. The number of thioether (sulfide) groups is 1. The van der Waals surface area contributed by atoms with Gasteiger partial charge in [0.05, 0.1) is 12.9 Å². The summed E-state index contributed by atoms with van der Waals surface area (Å²) in [6, 6.07) is 8.01. The molecule has 6 nitrogen and oxygen atoms in total. The minimum absolute atomic E-state index is 0.200. The summed E-state index contributed by atoms with van der Waals surface area (Å²) in [4.78, 5) is 14.6. The van der Waals surface area contributed by atoms with E-state index in [1.165, 1.54) is 24.6 Å². The van der Waals surface area contributed by atoms with E-state index in [0.29, 0.717) is 5.75 Å². The molecule has 0 saturated carbocycles. The van der Waals surface area contributed by atoms with E-state index in [1.807, 2.05) is 29.2 Å². The highest BCUT2D eigenvalue weighted by Gasteiger charge is 2.20. The van der Waals surface area contributed by atoms with Crippen LogP contribution in [-0.4, -0.2) is 51.5 Å². The quantitative estimate of drug-likeness (QED) is 0.699. The second kappa shape index (κ2) is 9.26. The molecule has 7 heteroatoms. The zero-order valence-electron chi connectivity index (χ0n) is 16.4. The van der Waals surface area contributed by atoms with Gasteiger partial charge in [-0.3, -0.25) is 9.36 Å². The predicted octanol–water partition coefficient (Wildman–Crippen LogP) is 4.03. The molecule has 0 bridgehead atoms. The molecule has 0 N–H and O–H groups in total. The summed E-state index contributed by atoms with van der Waals surface area (Å²) < 4.78 is 7.33. The van der Waals surface area contributed by atoms with Gasteiger partial charge in [0, 0.05) is 24.7 Å². The molecule has 0 radical (unpaired) electrons. The van der Waals surface area contributed by atoms with Gasteiger partial charge in [-0.25, -0.2) is 0 Å². The molecule has 3 rings (SSSR count). The van der Waals surface area contributed by atoms with E-state index in [-0.39, 0.29) is 11.9 Å². The lowest BCUT2D eigenvalue weighted by Gasteiger charge is -2.20. The van der Waals surface area contributed by atoms with Gasteiger partial charge < -0.3 is 9.64 Å². The number of ether oxygens (including phenoxy) is 1. The van der Waals surface area contributed by atoms with Crippen LogP contribution in [0, 0.1) is 0 Å². The number of likely N-dealkylation sites (tertiary alicyclic amines) is 1. The average molecular weight is 389 g/mol. The summed E-state index contributed by atoms with van der Waals surface area (Å²) in [6.07, 6.45) is 4.67. The standard InChI is InChI=1S/C20H28N4O2S/c1-15(2)24-19(16-8-10-17(26-3)11-9-16)21-22-20(24)27-14-18(25)23-12-6-4-5-7-13-23/h8-11,15H,4-7,12-14H2,1-3H3. The van der Waals surface area contributed by atoms with Gasteiger partial charge in [-0.2, -0.15) is 0 Å². The number of benzene rings is 1. The molecule has 146 valence electrons. The number of carbonyl (C=O) groups excluding carboxylic acids is 1. The van der Waals surface area contributed by atoms with Crippen LogP contribution < -0.4 is 4.74 Å². The summed E-state index contributed by atoms with van der Waals surface area (Å²) in [5.74, 6) is 2.24. The highest BCUT2D eigenvalue weighted by Crippen LogP contribution is 2.29. The highest BCUT2D eigenvalue weighted by molar-refractivity contribution is 7.99. The lowest BCUT2D eigenvalue weighted by molar-refractivity contribution is -0.128. The van der Waals surface area contributed by atoms with Crippen molar-refractivity contribution in [2.75, 3.05) is 26.0 Å². The zero-order chi connectivity index (χ0) is 19.2. The summed E-state index contributed by atoms with van der Waals surface area (Å²) in [7, 11) is 1.65. The van der Waals surface area contributed by atoms with Crippen LogP contribution >= 0.6 is 11.8 Å². The third kappa shape index (κ3) is 4.83. The summed E-state index contributed by atoms with van der Waals surface area (Å²) in [5, 5.41) is 9.55. The monoisotopic (exact) mass is 388 g/mol. The number of carbonyl (C=O) groups is 1. The van der Waals surface area contributed by atoms with Crippen molar-refractivity contribution in [3.05, 3.63) is 24.3 Å². The van der Waals surface area contributed by atoms with Crippen LogP contribution in [0.4, 0.5) is 0 Å². The molecular formula is C20H28N4O2S. The molecule has 1 aromatic carbocycles. The maximum Gasteiger partial charge on any atom is 0.233 e. The lowest BCUT2D eigenvalue weighted by Crippen LogP contribution is -2.33. The fraction of sp³-hybridized carbons (Fsp3) is 0.550. The van der Waals surface area contributed by atoms with Crippen LogP contribution in [0.25, 0.3) is 11.4 Å². The van der Waals surface area contributed by atoms with Gasteiger partial charge in [-0.1, -0.05) is 24.6 Å². The van der Waals surface area contributed by atoms with Gasteiger partial charge in [-0.15, -0.1) is 10.2 Å².